The van der Waals surface area contributed by atoms with Crippen LogP contribution in [0.3, 0.4) is 0 Å². The van der Waals surface area contributed by atoms with Gasteiger partial charge < -0.3 is 15.5 Å². The van der Waals surface area contributed by atoms with E-state index in [1.165, 1.54) is 0 Å². The van der Waals surface area contributed by atoms with E-state index < -0.39 is 5.97 Å². The first-order valence-electron chi connectivity index (χ1n) is 4.91. The molecule has 1 unspecified atom stereocenters. The van der Waals surface area contributed by atoms with E-state index in [1.54, 1.807) is 18.2 Å². The fourth-order valence-electron chi connectivity index (χ4n) is 1.17. The lowest BCUT2D eigenvalue weighted by Gasteiger charge is -2.11. The van der Waals surface area contributed by atoms with Crippen LogP contribution < -0.4 is 5.32 Å². The molecule has 0 aliphatic rings. The van der Waals surface area contributed by atoms with Crippen molar-refractivity contribution in [1.82, 2.24) is 0 Å². The van der Waals surface area contributed by atoms with Crippen molar-refractivity contribution in [3.8, 4) is 0 Å². The summed E-state index contributed by atoms with van der Waals surface area (Å²) in [6.45, 7) is 2.61. The zero-order valence-corrected chi connectivity index (χ0v) is 10.5. The minimum Gasteiger partial charge on any atom is -0.478 e. The molecule has 0 saturated carbocycles. The number of rotatable bonds is 5. The van der Waals surface area contributed by atoms with Gasteiger partial charge in [-0.05, 0) is 24.1 Å². The van der Waals surface area contributed by atoms with Gasteiger partial charge in [-0.15, -0.1) is 0 Å². The van der Waals surface area contributed by atoms with Gasteiger partial charge >= 0.3 is 5.97 Å². The summed E-state index contributed by atoms with van der Waals surface area (Å²) in [5.41, 5.74) is 0.959. The second-order valence-electron chi connectivity index (χ2n) is 3.70. The zero-order chi connectivity index (χ0) is 12.1. The van der Waals surface area contributed by atoms with Gasteiger partial charge in [0.1, 0.15) is 0 Å². The van der Waals surface area contributed by atoms with Crippen LogP contribution >= 0.6 is 15.9 Å². The molecular formula is C11H14BrNO3. The molecule has 1 rings (SSSR count). The van der Waals surface area contributed by atoms with Crippen molar-refractivity contribution in [1.29, 1.82) is 0 Å². The summed E-state index contributed by atoms with van der Waals surface area (Å²) in [5.74, 6) is -0.827. The van der Waals surface area contributed by atoms with E-state index in [1.807, 2.05) is 6.92 Å². The first kappa shape index (κ1) is 13.0. The van der Waals surface area contributed by atoms with Crippen LogP contribution in [-0.4, -0.2) is 29.3 Å². The number of benzene rings is 1. The Morgan fingerprint density at radius 1 is 1.50 bits per heavy atom. The Labute approximate surface area is 102 Å². The third-order valence-electron chi connectivity index (χ3n) is 2.11. The largest absolute Gasteiger partial charge is 0.478 e. The van der Waals surface area contributed by atoms with Gasteiger partial charge in [0.05, 0.1) is 5.56 Å². The molecule has 5 heteroatoms. The molecule has 1 atom stereocenters. The maximum atomic E-state index is 10.8. The summed E-state index contributed by atoms with van der Waals surface area (Å²) in [6, 6.07) is 4.91. The van der Waals surface area contributed by atoms with Crippen LogP contribution in [0.5, 0.6) is 0 Å². The molecule has 0 saturated heterocycles. The van der Waals surface area contributed by atoms with Gasteiger partial charge in [-0.2, -0.15) is 0 Å². The average molecular weight is 288 g/mol. The highest BCUT2D eigenvalue weighted by molar-refractivity contribution is 9.10. The van der Waals surface area contributed by atoms with Crippen LogP contribution in [0.1, 0.15) is 17.3 Å². The van der Waals surface area contributed by atoms with Gasteiger partial charge in [0, 0.05) is 23.3 Å². The monoisotopic (exact) mass is 287 g/mol. The molecule has 0 fully saturated rings. The van der Waals surface area contributed by atoms with Crippen LogP contribution in [0.25, 0.3) is 0 Å². The van der Waals surface area contributed by atoms with E-state index in [9.17, 15) is 4.79 Å². The predicted octanol–water partition coefficient (Wildman–Crippen LogP) is 2.19. The lowest BCUT2D eigenvalue weighted by molar-refractivity contribution is 0.0697. The molecule has 0 aliphatic carbocycles. The van der Waals surface area contributed by atoms with Crippen LogP contribution in [-0.2, 0) is 0 Å². The summed E-state index contributed by atoms with van der Waals surface area (Å²) in [4.78, 5) is 10.8. The van der Waals surface area contributed by atoms with Crippen molar-refractivity contribution < 1.29 is 15.0 Å². The van der Waals surface area contributed by atoms with Crippen LogP contribution in [0.2, 0.25) is 0 Å². The molecule has 16 heavy (non-hydrogen) atoms. The van der Waals surface area contributed by atoms with Crippen molar-refractivity contribution in [2.24, 2.45) is 5.92 Å². The first-order valence-corrected chi connectivity index (χ1v) is 5.71. The van der Waals surface area contributed by atoms with E-state index >= 15 is 0 Å². The number of aromatic carboxylic acids is 1. The summed E-state index contributed by atoms with van der Waals surface area (Å²) >= 11 is 3.25. The molecule has 1 aromatic rings. The number of aliphatic hydroxyl groups excluding tert-OH is 1. The molecule has 0 spiro atoms. The topological polar surface area (TPSA) is 69.6 Å². The number of hydrogen-bond donors (Lipinski definition) is 3. The molecule has 0 amide bonds. The lowest BCUT2D eigenvalue weighted by Crippen LogP contribution is -2.14. The number of aliphatic hydroxyl groups is 1. The van der Waals surface area contributed by atoms with Crippen molar-refractivity contribution >= 4 is 27.6 Å². The quantitative estimate of drug-likeness (QED) is 0.776. The Morgan fingerprint density at radius 3 is 2.75 bits per heavy atom. The van der Waals surface area contributed by atoms with Gasteiger partial charge in [-0.25, -0.2) is 4.79 Å². The van der Waals surface area contributed by atoms with E-state index in [-0.39, 0.29) is 18.1 Å². The van der Waals surface area contributed by atoms with Crippen molar-refractivity contribution in [3.63, 3.8) is 0 Å². The summed E-state index contributed by atoms with van der Waals surface area (Å²) in [7, 11) is 0. The molecule has 3 N–H and O–H groups in total. The van der Waals surface area contributed by atoms with Gasteiger partial charge in [-0.1, -0.05) is 22.9 Å². The standard InChI is InChI=1S/C11H14BrNO3/c1-7(6-14)5-13-10-3-8(11(15)16)2-9(12)4-10/h2-4,7,13-14H,5-6H2,1H3,(H,15,16). The third kappa shape index (κ3) is 3.83. The second-order valence-corrected chi connectivity index (χ2v) is 4.62. The highest BCUT2D eigenvalue weighted by atomic mass is 79.9. The number of carbonyl (C=O) groups is 1. The van der Waals surface area contributed by atoms with E-state index in [2.05, 4.69) is 21.2 Å². The Kier molecular flexibility index (Phi) is 4.76. The molecular weight excluding hydrogens is 274 g/mol. The fourth-order valence-corrected chi connectivity index (χ4v) is 1.67. The van der Waals surface area contributed by atoms with E-state index in [0.717, 1.165) is 5.69 Å². The number of carboxylic acids is 1. The van der Waals surface area contributed by atoms with Gasteiger partial charge in [0.15, 0.2) is 0 Å². The Bertz CT molecular complexity index is 381. The first-order chi connectivity index (χ1) is 7.52. The van der Waals surface area contributed by atoms with Crippen molar-refractivity contribution in [3.05, 3.63) is 28.2 Å². The number of hydrogen-bond acceptors (Lipinski definition) is 3. The molecule has 4 nitrogen and oxygen atoms in total. The molecule has 88 valence electrons. The zero-order valence-electron chi connectivity index (χ0n) is 8.90. The predicted molar refractivity (Wildman–Crippen MR) is 65.8 cm³/mol. The molecule has 0 radical (unpaired) electrons. The molecule has 0 aliphatic heterocycles. The third-order valence-corrected chi connectivity index (χ3v) is 2.57. The second kappa shape index (κ2) is 5.86. The lowest BCUT2D eigenvalue weighted by atomic mass is 10.1. The van der Waals surface area contributed by atoms with Gasteiger partial charge in [0.25, 0.3) is 0 Å². The van der Waals surface area contributed by atoms with Crippen LogP contribution in [0.4, 0.5) is 5.69 Å². The van der Waals surface area contributed by atoms with Crippen LogP contribution in [0, 0.1) is 5.92 Å². The van der Waals surface area contributed by atoms with Gasteiger partial charge in [0.2, 0.25) is 0 Å². The molecule has 1 aromatic carbocycles. The summed E-state index contributed by atoms with van der Waals surface area (Å²) in [6.07, 6.45) is 0. The van der Waals surface area contributed by atoms with Crippen molar-refractivity contribution in [2.45, 2.75) is 6.92 Å². The minimum atomic E-state index is -0.959. The molecule has 0 heterocycles. The molecule has 0 bridgehead atoms. The Morgan fingerprint density at radius 2 is 2.19 bits per heavy atom. The normalized spacial score (nSPS) is 12.2. The number of carboxylic acid groups (broad SMARTS) is 1. The Balaban J connectivity index is 2.76. The van der Waals surface area contributed by atoms with Crippen molar-refractivity contribution in [2.75, 3.05) is 18.5 Å². The molecule has 0 aromatic heterocycles. The van der Waals surface area contributed by atoms with E-state index in [0.29, 0.717) is 11.0 Å². The Hall–Kier alpha value is -1.07. The minimum absolute atomic E-state index is 0.104. The summed E-state index contributed by atoms with van der Waals surface area (Å²) in [5, 5.41) is 20.8. The number of halogens is 1. The fraction of sp³-hybridized carbons (Fsp3) is 0.364. The van der Waals surface area contributed by atoms with Crippen LogP contribution in [0.15, 0.2) is 22.7 Å². The highest BCUT2D eigenvalue weighted by Crippen LogP contribution is 2.20. The van der Waals surface area contributed by atoms with Gasteiger partial charge in [-0.3, -0.25) is 0 Å². The average Bonchev–Trinajstić information content (AvgIpc) is 2.25. The maximum Gasteiger partial charge on any atom is 0.335 e. The SMILES string of the molecule is CC(CO)CNc1cc(Br)cc(C(=O)O)c1. The number of nitrogens with one attached hydrogen (secondary N) is 1. The highest BCUT2D eigenvalue weighted by Gasteiger charge is 2.06. The number of anilines is 1. The van der Waals surface area contributed by atoms with E-state index in [4.69, 9.17) is 10.2 Å². The smallest absolute Gasteiger partial charge is 0.335 e. The maximum absolute atomic E-state index is 10.8. The summed E-state index contributed by atoms with van der Waals surface area (Å²) < 4.78 is 0.714.